The average Bonchev–Trinajstić information content (AvgIpc) is 2.47. The van der Waals surface area contributed by atoms with Crippen molar-refractivity contribution in [1.82, 2.24) is 10.2 Å². The lowest BCUT2D eigenvalue weighted by molar-refractivity contribution is -0.125. The first-order valence-corrected chi connectivity index (χ1v) is 7.72. The molecule has 0 aliphatic carbocycles. The summed E-state index contributed by atoms with van der Waals surface area (Å²) in [6.07, 6.45) is 1.55. The van der Waals surface area contributed by atoms with E-state index in [4.69, 9.17) is 4.74 Å². The van der Waals surface area contributed by atoms with Crippen LogP contribution in [0.4, 0.5) is 0 Å². The van der Waals surface area contributed by atoms with Gasteiger partial charge in [-0.2, -0.15) is 0 Å². The van der Waals surface area contributed by atoms with E-state index < -0.39 is 0 Å². The fourth-order valence-electron chi connectivity index (χ4n) is 2.43. The van der Waals surface area contributed by atoms with Crippen LogP contribution in [0.15, 0.2) is 28.7 Å². The molecule has 0 unspecified atom stereocenters. The number of nitrogens with one attached hydrogen (secondary N) is 1. The highest BCUT2D eigenvalue weighted by atomic mass is 79.9. The predicted molar refractivity (Wildman–Crippen MR) is 83.1 cm³/mol. The number of nitrogens with zero attached hydrogens (tertiary/aromatic N) is 1. The van der Waals surface area contributed by atoms with Gasteiger partial charge in [0.1, 0.15) is 6.61 Å². The summed E-state index contributed by atoms with van der Waals surface area (Å²) >= 11 is 3.38. The molecule has 1 saturated heterocycles. The highest BCUT2D eigenvalue weighted by Gasteiger charge is 2.24. The molecule has 0 radical (unpaired) electrons. The van der Waals surface area contributed by atoms with Crippen molar-refractivity contribution in [2.75, 3.05) is 26.8 Å². The molecule has 0 saturated carbocycles. The van der Waals surface area contributed by atoms with Crippen LogP contribution < -0.4 is 5.32 Å². The number of benzene rings is 1. The van der Waals surface area contributed by atoms with Crippen LogP contribution >= 0.6 is 15.9 Å². The lowest BCUT2D eigenvalue weighted by Crippen LogP contribution is -2.47. The van der Waals surface area contributed by atoms with Crippen LogP contribution in [0.2, 0.25) is 0 Å². The van der Waals surface area contributed by atoms with E-state index in [1.807, 2.05) is 29.2 Å². The van der Waals surface area contributed by atoms with Crippen molar-refractivity contribution in [3.63, 3.8) is 0 Å². The quantitative estimate of drug-likeness (QED) is 0.896. The third-order valence-electron chi connectivity index (χ3n) is 3.49. The SMILES string of the molecule is COCC(=O)NC1CCN(C(=O)c2cccc(Br)c2)CC1. The Morgan fingerprint density at radius 3 is 2.71 bits per heavy atom. The third kappa shape index (κ3) is 4.54. The lowest BCUT2D eigenvalue weighted by atomic mass is 10.0. The molecule has 21 heavy (non-hydrogen) atoms. The first kappa shape index (κ1) is 16.0. The maximum atomic E-state index is 12.4. The van der Waals surface area contributed by atoms with Crippen LogP contribution in [0.5, 0.6) is 0 Å². The smallest absolute Gasteiger partial charge is 0.253 e. The van der Waals surface area contributed by atoms with E-state index in [-0.39, 0.29) is 24.5 Å². The van der Waals surface area contributed by atoms with E-state index in [2.05, 4.69) is 21.2 Å². The number of carbonyl (C=O) groups excluding carboxylic acids is 2. The molecule has 1 N–H and O–H groups in total. The largest absolute Gasteiger partial charge is 0.375 e. The number of piperidine rings is 1. The Kier molecular flexibility index (Phi) is 5.76. The molecule has 1 heterocycles. The van der Waals surface area contributed by atoms with Gasteiger partial charge >= 0.3 is 0 Å². The molecule has 1 aromatic carbocycles. The minimum Gasteiger partial charge on any atom is -0.375 e. The molecule has 5 nitrogen and oxygen atoms in total. The molecule has 1 aliphatic rings. The van der Waals surface area contributed by atoms with Gasteiger partial charge in [0.15, 0.2) is 0 Å². The monoisotopic (exact) mass is 354 g/mol. The summed E-state index contributed by atoms with van der Waals surface area (Å²) in [5, 5.41) is 2.92. The number of hydrogen-bond acceptors (Lipinski definition) is 3. The summed E-state index contributed by atoms with van der Waals surface area (Å²) < 4.78 is 5.69. The summed E-state index contributed by atoms with van der Waals surface area (Å²) in [5.74, 6) is -0.0627. The van der Waals surface area contributed by atoms with Crippen molar-refractivity contribution in [2.45, 2.75) is 18.9 Å². The Hall–Kier alpha value is -1.40. The van der Waals surface area contributed by atoms with Gasteiger partial charge in [-0.15, -0.1) is 0 Å². The van der Waals surface area contributed by atoms with E-state index >= 15 is 0 Å². The predicted octanol–water partition coefficient (Wildman–Crippen LogP) is 1.82. The van der Waals surface area contributed by atoms with Crippen molar-refractivity contribution in [3.8, 4) is 0 Å². The first-order chi connectivity index (χ1) is 10.1. The standard InChI is InChI=1S/C15H19BrN2O3/c1-21-10-14(19)17-13-5-7-18(8-6-13)15(20)11-3-2-4-12(16)9-11/h2-4,9,13H,5-8,10H2,1H3,(H,17,19). The van der Waals surface area contributed by atoms with Crippen LogP contribution in [0, 0.1) is 0 Å². The van der Waals surface area contributed by atoms with Gasteiger partial charge in [-0.25, -0.2) is 0 Å². The van der Waals surface area contributed by atoms with Gasteiger partial charge in [-0.1, -0.05) is 22.0 Å². The highest BCUT2D eigenvalue weighted by molar-refractivity contribution is 9.10. The third-order valence-corrected chi connectivity index (χ3v) is 3.99. The van der Waals surface area contributed by atoms with Crippen molar-refractivity contribution in [1.29, 1.82) is 0 Å². The van der Waals surface area contributed by atoms with Crippen LogP contribution in [-0.2, 0) is 9.53 Å². The second kappa shape index (κ2) is 7.56. The van der Waals surface area contributed by atoms with Crippen LogP contribution in [-0.4, -0.2) is 49.6 Å². The Morgan fingerprint density at radius 1 is 1.38 bits per heavy atom. The van der Waals surface area contributed by atoms with Gasteiger partial charge in [-0.05, 0) is 31.0 Å². The summed E-state index contributed by atoms with van der Waals surface area (Å²) in [5.41, 5.74) is 0.686. The molecular weight excluding hydrogens is 336 g/mol. The van der Waals surface area contributed by atoms with Crippen molar-refractivity contribution < 1.29 is 14.3 Å². The molecule has 1 aromatic rings. The minimum absolute atomic E-state index is 0.0398. The summed E-state index contributed by atoms with van der Waals surface area (Å²) in [6.45, 7) is 1.39. The van der Waals surface area contributed by atoms with Gasteiger partial charge in [0.05, 0.1) is 0 Å². The van der Waals surface area contributed by atoms with E-state index in [9.17, 15) is 9.59 Å². The van der Waals surface area contributed by atoms with Gasteiger partial charge < -0.3 is 15.0 Å². The van der Waals surface area contributed by atoms with E-state index in [0.717, 1.165) is 17.3 Å². The number of amides is 2. The Balaban J connectivity index is 1.86. The molecular formula is C15H19BrN2O3. The second-order valence-corrected chi connectivity index (χ2v) is 5.99. The number of halogens is 1. The van der Waals surface area contributed by atoms with Gasteiger partial charge in [0, 0.05) is 36.3 Å². The fraction of sp³-hybridized carbons (Fsp3) is 0.467. The lowest BCUT2D eigenvalue weighted by Gasteiger charge is -2.32. The van der Waals surface area contributed by atoms with E-state index in [0.29, 0.717) is 18.7 Å². The molecule has 0 spiro atoms. The Morgan fingerprint density at radius 2 is 2.10 bits per heavy atom. The topological polar surface area (TPSA) is 58.6 Å². The molecule has 1 fully saturated rings. The van der Waals surface area contributed by atoms with Crippen LogP contribution in [0.25, 0.3) is 0 Å². The van der Waals surface area contributed by atoms with Crippen molar-refractivity contribution in [3.05, 3.63) is 34.3 Å². The Bertz CT molecular complexity index is 513. The summed E-state index contributed by atoms with van der Waals surface area (Å²) in [4.78, 5) is 25.7. The molecule has 2 rings (SSSR count). The zero-order valence-electron chi connectivity index (χ0n) is 12.0. The Labute approximate surface area is 132 Å². The van der Waals surface area contributed by atoms with Gasteiger partial charge in [-0.3, -0.25) is 9.59 Å². The molecule has 0 atom stereocenters. The second-order valence-electron chi connectivity index (χ2n) is 5.08. The molecule has 6 heteroatoms. The van der Waals surface area contributed by atoms with Crippen LogP contribution in [0.3, 0.4) is 0 Å². The molecule has 1 aliphatic heterocycles. The number of hydrogen-bond donors (Lipinski definition) is 1. The number of carbonyl (C=O) groups is 2. The zero-order valence-corrected chi connectivity index (χ0v) is 13.6. The maximum absolute atomic E-state index is 12.4. The highest BCUT2D eigenvalue weighted by Crippen LogP contribution is 2.17. The number of likely N-dealkylation sites (tertiary alicyclic amines) is 1. The molecule has 0 aromatic heterocycles. The van der Waals surface area contributed by atoms with E-state index in [1.165, 1.54) is 7.11 Å². The van der Waals surface area contributed by atoms with Crippen LogP contribution in [0.1, 0.15) is 23.2 Å². The minimum atomic E-state index is -0.103. The number of methoxy groups -OCH3 is 1. The molecule has 0 bridgehead atoms. The summed E-state index contributed by atoms with van der Waals surface area (Å²) in [6, 6.07) is 7.52. The number of rotatable bonds is 4. The average molecular weight is 355 g/mol. The number of ether oxygens (including phenoxy) is 1. The van der Waals surface area contributed by atoms with E-state index in [1.54, 1.807) is 0 Å². The zero-order chi connectivity index (χ0) is 15.2. The van der Waals surface area contributed by atoms with Gasteiger partial charge in [0.2, 0.25) is 5.91 Å². The molecule has 114 valence electrons. The first-order valence-electron chi connectivity index (χ1n) is 6.93. The van der Waals surface area contributed by atoms with Crippen molar-refractivity contribution >= 4 is 27.7 Å². The van der Waals surface area contributed by atoms with Crippen molar-refractivity contribution in [2.24, 2.45) is 0 Å². The summed E-state index contributed by atoms with van der Waals surface area (Å²) in [7, 11) is 1.50. The maximum Gasteiger partial charge on any atom is 0.253 e. The fourth-order valence-corrected chi connectivity index (χ4v) is 2.83. The normalized spacial score (nSPS) is 15.8. The van der Waals surface area contributed by atoms with Gasteiger partial charge in [0.25, 0.3) is 5.91 Å². The molecule has 2 amide bonds.